The van der Waals surface area contributed by atoms with Crippen molar-refractivity contribution >= 4 is 29.4 Å². The number of methoxy groups -OCH3 is 1. The number of halogens is 1. The van der Waals surface area contributed by atoms with Gasteiger partial charge in [-0.3, -0.25) is 14.7 Å². The second-order valence-corrected chi connectivity index (χ2v) is 10.7. The lowest BCUT2D eigenvalue weighted by Gasteiger charge is -2.36. The Morgan fingerprint density at radius 2 is 1.75 bits per heavy atom. The smallest absolute Gasteiger partial charge is 0.326 e. The second kappa shape index (κ2) is 11.6. The summed E-state index contributed by atoms with van der Waals surface area (Å²) in [6, 6.07) is 20.0. The van der Waals surface area contributed by atoms with E-state index in [-0.39, 0.29) is 24.6 Å². The summed E-state index contributed by atoms with van der Waals surface area (Å²) in [6.45, 7) is 6.69. The second-order valence-electron chi connectivity index (χ2n) is 10.3. The lowest BCUT2D eigenvalue weighted by atomic mass is 9.93. The van der Waals surface area contributed by atoms with Crippen LogP contribution < -0.4 is 14.8 Å². The maximum Gasteiger partial charge on any atom is 0.326 e. The summed E-state index contributed by atoms with van der Waals surface area (Å²) in [5, 5.41) is 3.40. The van der Waals surface area contributed by atoms with Crippen molar-refractivity contribution < 1.29 is 19.1 Å². The van der Waals surface area contributed by atoms with Crippen molar-refractivity contribution in [3.05, 3.63) is 94.0 Å². The maximum absolute atomic E-state index is 14.4. The van der Waals surface area contributed by atoms with Crippen LogP contribution in [0.1, 0.15) is 48.2 Å². The van der Waals surface area contributed by atoms with Crippen LogP contribution in [0.15, 0.2) is 71.7 Å². The minimum absolute atomic E-state index is 0.0247. The number of rotatable bonds is 6. The quantitative estimate of drug-likeness (QED) is 0.429. The predicted molar refractivity (Wildman–Crippen MR) is 155 cm³/mol. The Labute approximate surface area is 239 Å². The summed E-state index contributed by atoms with van der Waals surface area (Å²) in [4.78, 5) is 35.2. The molecule has 9 heteroatoms. The van der Waals surface area contributed by atoms with Gasteiger partial charge in [0.25, 0.3) is 0 Å². The van der Waals surface area contributed by atoms with Gasteiger partial charge in [-0.15, -0.1) is 0 Å². The molecule has 2 aliphatic rings. The summed E-state index contributed by atoms with van der Waals surface area (Å²) in [5.74, 6) is 1.47. The first-order valence-electron chi connectivity index (χ1n) is 13.3. The summed E-state index contributed by atoms with van der Waals surface area (Å²) < 4.78 is 11.7. The van der Waals surface area contributed by atoms with E-state index < -0.39 is 12.1 Å². The molecule has 0 radical (unpaired) electrons. The van der Waals surface area contributed by atoms with Gasteiger partial charge in [-0.2, -0.15) is 0 Å². The molecular formula is C31H33ClN4O4. The molecule has 0 saturated carbocycles. The number of carbonyl (C=O) groups excluding carboxylic acids is 2. The largest absolute Gasteiger partial charge is 0.497 e. The van der Waals surface area contributed by atoms with Gasteiger partial charge in [-0.1, -0.05) is 53.6 Å². The van der Waals surface area contributed by atoms with Gasteiger partial charge in [0.15, 0.2) is 0 Å². The van der Waals surface area contributed by atoms with E-state index in [0.717, 1.165) is 16.7 Å². The van der Waals surface area contributed by atoms with Crippen molar-refractivity contribution in [2.24, 2.45) is 4.99 Å². The van der Waals surface area contributed by atoms with Crippen LogP contribution in [0.2, 0.25) is 5.02 Å². The molecule has 2 atom stereocenters. The van der Waals surface area contributed by atoms with Crippen molar-refractivity contribution in [3.8, 4) is 11.5 Å². The number of hydrogen-bond acceptors (Lipinski definition) is 5. The van der Waals surface area contributed by atoms with Gasteiger partial charge in [-0.25, -0.2) is 4.79 Å². The Hall–Kier alpha value is -4.04. The zero-order chi connectivity index (χ0) is 28.4. The van der Waals surface area contributed by atoms with Crippen LogP contribution >= 0.6 is 11.6 Å². The zero-order valence-electron chi connectivity index (χ0n) is 23.1. The normalized spacial score (nSPS) is 18.9. The summed E-state index contributed by atoms with van der Waals surface area (Å²) in [7, 11) is 1.60. The molecule has 0 aromatic heterocycles. The van der Waals surface area contributed by atoms with Crippen LogP contribution in [0.4, 0.5) is 4.79 Å². The number of nitrogens with one attached hydrogen (secondary N) is 1. The van der Waals surface area contributed by atoms with E-state index in [0.29, 0.717) is 41.0 Å². The Morgan fingerprint density at radius 3 is 2.40 bits per heavy atom. The molecule has 3 aromatic rings. The standard InChI is InChI=1S/C31H33ClN4O4/c1-19(2)40-26-17-24(39-4)13-14-25(26)30-34-28(21-7-5-20(3)6-8-21)29(22-9-11-23(32)12-10-22)36(30)31(38)35-16-15-33-27(37)18-35/h5-14,17,19,28-29H,15-16,18H2,1-4H3,(H,33,37)/t28-,29+/m1/s1. The molecule has 2 aliphatic heterocycles. The molecule has 5 rings (SSSR count). The fourth-order valence-corrected chi connectivity index (χ4v) is 5.20. The van der Waals surface area contributed by atoms with Crippen LogP contribution in [0.25, 0.3) is 0 Å². The molecule has 8 nitrogen and oxygen atoms in total. The number of ether oxygens (including phenoxy) is 2. The number of amides is 3. The first-order valence-corrected chi connectivity index (χ1v) is 13.7. The fraction of sp³-hybridized carbons (Fsp3) is 0.323. The van der Waals surface area contributed by atoms with E-state index >= 15 is 0 Å². The molecule has 40 heavy (non-hydrogen) atoms. The topological polar surface area (TPSA) is 83.5 Å². The van der Waals surface area contributed by atoms with Crippen molar-refractivity contribution in [2.45, 2.75) is 39.0 Å². The number of amidine groups is 1. The molecule has 3 aromatic carbocycles. The number of aliphatic imine (C=N–C) groups is 1. The van der Waals surface area contributed by atoms with Crippen LogP contribution in [-0.4, -0.2) is 60.4 Å². The third kappa shape index (κ3) is 5.63. The van der Waals surface area contributed by atoms with Crippen LogP contribution in [0.3, 0.4) is 0 Å². The molecule has 0 bridgehead atoms. The number of carbonyl (C=O) groups is 2. The SMILES string of the molecule is COc1ccc(C2=N[C@H](c3ccc(C)cc3)[C@H](c3ccc(Cl)cc3)N2C(=O)N2CCNC(=O)C2)c(OC(C)C)c1. The minimum atomic E-state index is -0.485. The van der Waals surface area contributed by atoms with Crippen molar-refractivity contribution in [2.75, 3.05) is 26.7 Å². The highest BCUT2D eigenvalue weighted by Gasteiger charge is 2.45. The van der Waals surface area contributed by atoms with Gasteiger partial charge in [0.05, 0.1) is 24.8 Å². The van der Waals surface area contributed by atoms with Gasteiger partial charge in [0.1, 0.15) is 29.9 Å². The van der Waals surface area contributed by atoms with Crippen molar-refractivity contribution in [1.82, 2.24) is 15.1 Å². The number of urea groups is 1. The molecule has 208 valence electrons. The van der Waals surface area contributed by atoms with Crippen molar-refractivity contribution in [3.63, 3.8) is 0 Å². The molecule has 3 amide bonds. The Morgan fingerprint density at radius 1 is 1.05 bits per heavy atom. The van der Waals surface area contributed by atoms with E-state index in [4.69, 9.17) is 26.1 Å². The molecule has 1 fully saturated rings. The lowest BCUT2D eigenvalue weighted by Crippen LogP contribution is -2.55. The highest BCUT2D eigenvalue weighted by Crippen LogP contribution is 2.45. The predicted octanol–water partition coefficient (Wildman–Crippen LogP) is 5.54. The lowest BCUT2D eigenvalue weighted by molar-refractivity contribution is -0.123. The monoisotopic (exact) mass is 560 g/mol. The van der Waals surface area contributed by atoms with Crippen LogP contribution in [-0.2, 0) is 4.79 Å². The van der Waals surface area contributed by atoms with E-state index in [9.17, 15) is 9.59 Å². The Bertz CT molecular complexity index is 1420. The van der Waals surface area contributed by atoms with Crippen LogP contribution in [0, 0.1) is 6.92 Å². The first kappa shape index (κ1) is 27.5. The van der Waals surface area contributed by atoms with E-state index in [2.05, 4.69) is 5.32 Å². The molecule has 0 aliphatic carbocycles. The highest BCUT2D eigenvalue weighted by molar-refractivity contribution is 6.30. The third-order valence-electron chi connectivity index (χ3n) is 7.00. The molecule has 0 spiro atoms. The van der Waals surface area contributed by atoms with Crippen molar-refractivity contribution in [1.29, 1.82) is 0 Å². The summed E-state index contributed by atoms with van der Waals surface area (Å²) in [6.07, 6.45) is -0.122. The first-order chi connectivity index (χ1) is 19.2. The number of benzene rings is 3. The van der Waals surface area contributed by atoms with Gasteiger partial charge in [0, 0.05) is 24.2 Å². The number of nitrogens with zero attached hydrogens (tertiary/aromatic N) is 3. The number of hydrogen-bond donors (Lipinski definition) is 1. The van der Waals surface area contributed by atoms with Gasteiger partial charge < -0.3 is 19.7 Å². The van der Waals surface area contributed by atoms with Gasteiger partial charge in [-0.05, 0) is 56.2 Å². The molecule has 1 saturated heterocycles. The fourth-order valence-electron chi connectivity index (χ4n) is 5.08. The zero-order valence-corrected chi connectivity index (χ0v) is 23.8. The Balaban J connectivity index is 1.71. The molecule has 1 N–H and O–H groups in total. The summed E-state index contributed by atoms with van der Waals surface area (Å²) in [5.41, 5.74) is 3.64. The number of piperazine rings is 1. The Kier molecular flexibility index (Phi) is 7.98. The van der Waals surface area contributed by atoms with E-state index in [1.165, 1.54) is 0 Å². The average molecular weight is 561 g/mol. The third-order valence-corrected chi connectivity index (χ3v) is 7.26. The molecular weight excluding hydrogens is 528 g/mol. The molecule has 2 heterocycles. The van der Waals surface area contributed by atoms with Crippen LogP contribution in [0.5, 0.6) is 11.5 Å². The maximum atomic E-state index is 14.4. The van der Waals surface area contributed by atoms with Gasteiger partial charge in [0.2, 0.25) is 5.91 Å². The number of aryl methyl sites for hydroxylation is 1. The minimum Gasteiger partial charge on any atom is -0.497 e. The van der Waals surface area contributed by atoms with Gasteiger partial charge >= 0.3 is 6.03 Å². The molecule has 0 unspecified atom stereocenters. The highest BCUT2D eigenvalue weighted by atomic mass is 35.5. The summed E-state index contributed by atoms with van der Waals surface area (Å²) >= 11 is 6.26. The van der Waals surface area contributed by atoms with E-state index in [1.807, 2.05) is 87.5 Å². The van der Waals surface area contributed by atoms with E-state index in [1.54, 1.807) is 16.9 Å². The average Bonchev–Trinajstić information content (AvgIpc) is 3.33.